The van der Waals surface area contributed by atoms with Crippen LogP contribution in [0.4, 0.5) is 5.82 Å². The highest BCUT2D eigenvalue weighted by Gasteiger charge is 2.09. The molecule has 0 fully saturated rings. The second kappa shape index (κ2) is 4.45. The molecule has 0 unspecified atom stereocenters. The fourth-order valence-corrected chi connectivity index (χ4v) is 2.26. The Morgan fingerprint density at radius 1 is 1.31 bits per heavy atom. The van der Waals surface area contributed by atoms with Crippen LogP contribution >= 0.6 is 11.3 Å². The molecular weight excluding hydrogens is 220 g/mol. The van der Waals surface area contributed by atoms with Gasteiger partial charge in [0.05, 0.1) is 0 Å². The van der Waals surface area contributed by atoms with E-state index in [1.54, 1.807) is 11.3 Å². The van der Waals surface area contributed by atoms with E-state index in [4.69, 9.17) is 0 Å². The topological polar surface area (TPSA) is 42.0 Å². The third-order valence-electron chi connectivity index (χ3n) is 2.11. The zero-order valence-corrected chi connectivity index (χ0v) is 9.97. The molecule has 0 radical (unpaired) electrons. The highest BCUT2D eigenvalue weighted by molar-refractivity contribution is 7.15. The van der Waals surface area contributed by atoms with E-state index < -0.39 is 0 Å². The predicted octanol–water partition coefficient (Wildman–Crippen LogP) is 3.08. The largest absolute Gasteiger partial charge is 0.310 e. The molecule has 1 aromatic heterocycles. The first-order valence-electron chi connectivity index (χ1n) is 4.97. The van der Waals surface area contributed by atoms with Crippen LogP contribution in [0.2, 0.25) is 0 Å². The highest BCUT2D eigenvalue weighted by atomic mass is 32.1. The van der Waals surface area contributed by atoms with E-state index in [0.717, 1.165) is 15.4 Å². The molecule has 0 aliphatic carbocycles. The molecule has 0 atom stereocenters. The molecule has 0 aliphatic heterocycles. The van der Waals surface area contributed by atoms with Crippen molar-refractivity contribution in [2.24, 2.45) is 0 Å². The van der Waals surface area contributed by atoms with Gasteiger partial charge in [-0.25, -0.2) is 4.98 Å². The smallest absolute Gasteiger partial charge is 0.222 e. The monoisotopic (exact) mass is 232 g/mol. The van der Waals surface area contributed by atoms with Gasteiger partial charge in [0.15, 0.2) is 0 Å². The van der Waals surface area contributed by atoms with E-state index in [0.29, 0.717) is 5.82 Å². The van der Waals surface area contributed by atoms with Gasteiger partial charge in [-0.15, -0.1) is 11.3 Å². The Morgan fingerprint density at radius 3 is 2.62 bits per heavy atom. The summed E-state index contributed by atoms with van der Waals surface area (Å²) in [5.41, 5.74) is 1.08. The molecule has 0 bridgehead atoms. The van der Waals surface area contributed by atoms with Gasteiger partial charge in [-0.2, -0.15) is 0 Å². The van der Waals surface area contributed by atoms with Gasteiger partial charge >= 0.3 is 0 Å². The Hall–Kier alpha value is -1.68. The molecule has 3 nitrogen and oxygen atoms in total. The number of amides is 1. The van der Waals surface area contributed by atoms with Crippen LogP contribution in [0.3, 0.4) is 0 Å². The van der Waals surface area contributed by atoms with Crippen molar-refractivity contribution < 1.29 is 4.79 Å². The summed E-state index contributed by atoms with van der Waals surface area (Å²) in [6, 6.07) is 9.94. The Bertz CT molecular complexity index is 505. The number of anilines is 1. The van der Waals surface area contributed by atoms with E-state index in [2.05, 4.69) is 10.3 Å². The molecule has 16 heavy (non-hydrogen) atoms. The van der Waals surface area contributed by atoms with Crippen LogP contribution < -0.4 is 5.32 Å². The number of hydrogen-bond acceptors (Lipinski definition) is 3. The number of nitrogens with zero attached hydrogens (tertiary/aromatic N) is 1. The Balaban J connectivity index is 2.34. The number of nitrogens with one attached hydrogen (secondary N) is 1. The second-order valence-electron chi connectivity index (χ2n) is 3.47. The molecule has 0 saturated carbocycles. The van der Waals surface area contributed by atoms with Crippen LogP contribution in [-0.4, -0.2) is 10.9 Å². The molecule has 0 spiro atoms. The van der Waals surface area contributed by atoms with Crippen LogP contribution in [-0.2, 0) is 4.79 Å². The van der Waals surface area contributed by atoms with Crippen LogP contribution in [0.5, 0.6) is 0 Å². The van der Waals surface area contributed by atoms with Gasteiger partial charge in [-0.3, -0.25) is 4.79 Å². The fraction of sp³-hybridized carbons (Fsp3) is 0.167. The zero-order chi connectivity index (χ0) is 11.5. The van der Waals surface area contributed by atoms with Crippen LogP contribution in [0.15, 0.2) is 30.3 Å². The van der Waals surface area contributed by atoms with Gasteiger partial charge in [0.1, 0.15) is 10.8 Å². The maximum Gasteiger partial charge on any atom is 0.222 e. The number of thiazole rings is 1. The lowest BCUT2D eigenvalue weighted by molar-refractivity contribution is -0.114. The average molecular weight is 232 g/mol. The van der Waals surface area contributed by atoms with Gasteiger partial charge in [-0.1, -0.05) is 30.3 Å². The number of benzene rings is 1. The van der Waals surface area contributed by atoms with E-state index in [9.17, 15) is 4.79 Å². The van der Waals surface area contributed by atoms with Crippen molar-refractivity contribution in [3.63, 3.8) is 0 Å². The molecule has 0 aliphatic rings. The lowest BCUT2D eigenvalue weighted by Gasteiger charge is -1.96. The molecule has 1 amide bonds. The Kier molecular flexibility index (Phi) is 3.01. The number of rotatable bonds is 2. The first-order valence-corrected chi connectivity index (χ1v) is 5.79. The summed E-state index contributed by atoms with van der Waals surface area (Å²) < 4.78 is 0. The van der Waals surface area contributed by atoms with Crippen molar-refractivity contribution in [2.75, 3.05) is 5.32 Å². The molecule has 0 saturated heterocycles. The van der Waals surface area contributed by atoms with E-state index in [1.165, 1.54) is 6.92 Å². The number of aryl methyl sites for hydroxylation is 1. The van der Waals surface area contributed by atoms with Crippen LogP contribution in [0, 0.1) is 6.92 Å². The number of aromatic nitrogens is 1. The first kappa shape index (κ1) is 10.8. The van der Waals surface area contributed by atoms with Crippen molar-refractivity contribution in [3.05, 3.63) is 35.2 Å². The van der Waals surface area contributed by atoms with Gasteiger partial charge in [0, 0.05) is 17.4 Å². The standard InChI is InChI=1S/C12H12N2OS/c1-8-11(13-9(2)15)14-12(16-8)10-6-4-3-5-7-10/h3-7H,1-2H3,(H,13,15). The third kappa shape index (κ3) is 2.28. The zero-order valence-electron chi connectivity index (χ0n) is 9.15. The van der Waals surface area contributed by atoms with Crippen molar-refractivity contribution in [1.82, 2.24) is 4.98 Å². The normalized spacial score (nSPS) is 10.1. The summed E-state index contributed by atoms with van der Waals surface area (Å²) in [6.07, 6.45) is 0. The minimum atomic E-state index is -0.0898. The third-order valence-corrected chi connectivity index (χ3v) is 3.13. The fourth-order valence-electron chi connectivity index (χ4n) is 1.38. The van der Waals surface area contributed by atoms with Crippen molar-refractivity contribution in [1.29, 1.82) is 0 Å². The summed E-state index contributed by atoms with van der Waals surface area (Å²) in [5, 5.41) is 3.66. The molecule has 1 heterocycles. The van der Waals surface area contributed by atoms with Crippen LogP contribution in [0.25, 0.3) is 10.6 Å². The van der Waals surface area contributed by atoms with Crippen LogP contribution in [0.1, 0.15) is 11.8 Å². The maximum absolute atomic E-state index is 11.0. The summed E-state index contributed by atoms with van der Waals surface area (Å²) >= 11 is 1.58. The molecule has 82 valence electrons. The average Bonchev–Trinajstić information content (AvgIpc) is 2.61. The highest BCUT2D eigenvalue weighted by Crippen LogP contribution is 2.29. The molecule has 2 rings (SSSR count). The van der Waals surface area contributed by atoms with Gasteiger partial charge in [-0.05, 0) is 6.92 Å². The van der Waals surface area contributed by atoms with Gasteiger partial charge in [0.2, 0.25) is 5.91 Å². The van der Waals surface area contributed by atoms with Gasteiger partial charge in [0.25, 0.3) is 0 Å². The lowest BCUT2D eigenvalue weighted by Crippen LogP contribution is -2.06. The molecule has 1 N–H and O–H groups in total. The van der Waals surface area contributed by atoms with E-state index in [-0.39, 0.29) is 5.91 Å². The summed E-state index contributed by atoms with van der Waals surface area (Å²) in [6.45, 7) is 3.44. The molecular formula is C12H12N2OS. The quantitative estimate of drug-likeness (QED) is 0.864. The first-order chi connectivity index (χ1) is 7.66. The number of carbonyl (C=O) groups is 1. The van der Waals surface area contributed by atoms with Crippen molar-refractivity contribution >= 4 is 23.1 Å². The second-order valence-corrected chi connectivity index (χ2v) is 4.67. The summed E-state index contributed by atoms with van der Waals surface area (Å²) in [7, 11) is 0. The molecule has 4 heteroatoms. The Morgan fingerprint density at radius 2 is 2.00 bits per heavy atom. The van der Waals surface area contributed by atoms with E-state index in [1.807, 2.05) is 37.3 Å². The van der Waals surface area contributed by atoms with E-state index >= 15 is 0 Å². The predicted molar refractivity (Wildman–Crippen MR) is 66.6 cm³/mol. The molecule has 2 aromatic rings. The number of carbonyl (C=O) groups excluding carboxylic acids is 1. The minimum Gasteiger partial charge on any atom is -0.310 e. The van der Waals surface area contributed by atoms with Crippen molar-refractivity contribution in [2.45, 2.75) is 13.8 Å². The minimum absolute atomic E-state index is 0.0898. The molecule has 1 aromatic carbocycles. The summed E-state index contributed by atoms with van der Waals surface area (Å²) in [5.74, 6) is 0.573. The summed E-state index contributed by atoms with van der Waals surface area (Å²) in [4.78, 5) is 16.4. The van der Waals surface area contributed by atoms with Crippen molar-refractivity contribution in [3.8, 4) is 10.6 Å². The van der Waals surface area contributed by atoms with Gasteiger partial charge < -0.3 is 5.32 Å². The number of hydrogen-bond donors (Lipinski definition) is 1. The lowest BCUT2D eigenvalue weighted by atomic mass is 10.2. The Labute approximate surface area is 98.2 Å². The SMILES string of the molecule is CC(=O)Nc1nc(-c2ccccc2)sc1C. The maximum atomic E-state index is 11.0.